The molecule has 0 atom stereocenters. The van der Waals surface area contributed by atoms with Crippen LogP contribution >= 0.6 is 0 Å². The highest BCUT2D eigenvalue weighted by atomic mass is 32.2. The highest BCUT2D eigenvalue weighted by molar-refractivity contribution is 7.92. The van der Waals surface area contributed by atoms with Crippen LogP contribution in [-0.4, -0.2) is 60.6 Å². The van der Waals surface area contributed by atoms with Gasteiger partial charge in [0.1, 0.15) is 0 Å². The highest BCUT2D eigenvalue weighted by Gasteiger charge is 2.44. The number of halogens is 2. The van der Waals surface area contributed by atoms with Crippen molar-refractivity contribution in [2.45, 2.75) is 63.3 Å². The molecule has 2 aliphatic carbocycles. The van der Waals surface area contributed by atoms with Gasteiger partial charge >= 0.3 is 0 Å². The number of sulfonamides is 1. The number of nitrogens with one attached hydrogen (secondary N) is 2. The number of benzene rings is 2. The molecule has 1 saturated heterocycles. The number of aromatic nitrogens is 2. The maximum absolute atomic E-state index is 13.7. The Balaban J connectivity index is 1.26. The topological polar surface area (TPSA) is 117 Å². The summed E-state index contributed by atoms with van der Waals surface area (Å²) >= 11 is 0. The number of nitrogens with zero attached hydrogens (tertiary/aromatic N) is 3. The molecule has 220 valence electrons. The van der Waals surface area contributed by atoms with Gasteiger partial charge in [0.05, 0.1) is 47.1 Å². The normalized spacial score (nSPS) is 20.3. The zero-order valence-electron chi connectivity index (χ0n) is 22.8. The molecule has 0 bridgehead atoms. The van der Waals surface area contributed by atoms with Crippen molar-refractivity contribution < 1.29 is 27.1 Å². The van der Waals surface area contributed by atoms with E-state index in [0.717, 1.165) is 36.8 Å². The van der Waals surface area contributed by atoms with E-state index in [1.54, 1.807) is 35.1 Å². The minimum absolute atomic E-state index is 0.124. The lowest BCUT2D eigenvalue weighted by molar-refractivity contribution is -0.0446. The second kappa shape index (κ2) is 10.5. The molecular formula is C29H35F2N5O4S. The monoisotopic (exact) mass is 587 g/mol. The Bertz CT molecular complexity index is 1550. The molecule has 3 aromatic rings. The third-order valence-corrected chi connectivity index (χ3v) is 10.2. The van der Waals surface area contributed by atoms with Crippen LogP contribution < -0.4 is 14.9 Å². The average Bonchev–Trinajstić information content (AvgIpc) is 3.55. The lowest BCUT2D eigenvalue weighted by Crippen LogP contribution is -2.35. The van der Waals surface area contributed by atoms with Gasteiger partial charge in [0.15, 0.2) is 0 Å². The fourth-order valence-electron chi connectivity index (χ4n) is 6.17. The van der Waals surface area contributed by atoms with Crippen molar-refractivity contribution in [1.29, 1.82) is 0 Å². The molecule has 9 nitrogen and oxygen atoms in total. The molecule has 1 spiro atoms. The van der Waals surface area contributed by atoms with Crippen LogP contribution in [0.4, 0.5) is 25.8 Å². The number of alkyl halides is 2. The number of anilines is 3. The van der Waals surface area contributed by atoms with Crippen molar-refractivity contribution in [3.05, 3.63) is 48.2 Å². The number of aliphatic hydroxyl groups is 1. The number of piperidine rings is 1. The molecule has 1 aliphatic heterocycles. The molecular weight excluding hydrogens is 552 g/mol. The number of carbonyl (C=O) groups is 1. The predicted octanol–water partition coefficient (Wildman–Crippen LogP) is 5.15. The smallest absolute Gasteiger partial charge is 0.257 e. The molecule has 1 amide bonds. The minimum atomic E-state index is -3.73. The van der Waals surface area contributed by atoms with Crippen LogP contribution in [0.2, 0.25) is 0 Å². The summed E-state index contributed by atoms with van der Waals surface area (Å²) in [6, 6.07) is 10.2. The molecule has 3 N–H and O–H groups in total. The standard InChI is InChI=1S/C29H35F2N5O4S/c30-29(31)7-5-23(6-8-29)36-25-17-21(2-1-20(25)19-32-36)33-27(38)24-4-3-22(34-41(39,40)16-15-37)18-26(24)35-13-11-28(9-10-28)12-14-35/h1-4,17-19,23,34,37H,5-16H2,(H,33,38). The van der Waals surface area contributed by atoms with Crippen LogP contribution in [0.1, 0.15) is 67.8 Å². The van der Waals surface area contributed by atoms with E-state index in [1.807, 2.05) is 12.1 Å². The van der Waals surface area contributed by atoms with Crippen LogP contribution in [0.5, 0.6) is 0 Å². The molecule has 6 rings (SSSR count). The van der Waals surface area contributed by atoms with Crippen LogP contribution in [-0.2, 0) is 10.0 Å². The zero-order chi connectivity index (χ0) is 28.8. The van der Waals surface area contributed by atoms with E-state index in [-0.39, 0.29) is 24.8 Å². The van der Waals surface area contributed by atoms with E-state index < -0.39 is 28.3 Å². The summed E-state index contributed by atoms with van der Waals surface area (Å²) in [5.74, 6) is -3.38. The maximum Gasteiger partial charge on any atom is 0.257 e. The van der Waals surface area contributed by atoms with Crippen molar-refractivity contribution in [3.63, 3.8) is 0 Å². The first kappa shape index (κ1) is 27.9. The van der Waals surface area contributed by atoms with Gasteiger partial charge in [-0.1, -0.05) is 0 Å². The zero-order valence-corrected chi connectivity index (χ0v) is 23.6. The summed E-state index contributed by atoms with van der Waals surface area (Å²) < 4.78 is 56.3. The third-order valence-electron chi connectivity index (χ3n) is 8.89. The molecule has 2 saturated carbocycles. The summed E-state index contributed by atoms with van der Waals surface area (Å²) in [7, 11) is -3.73. The van der Waals surface area contributed by atoms with Crippen molar-refractivity contribution >= 4 is 43.9 Å². The number of aliphatic hydroxyl groups excluding tert-OH is 1. The first-order valence-corrected chi connectivity index (χ1v) is 15.9. The molecule has 0 unspecified atom stereocenters. The maximum atomic E-state index is 13.7. The Morgan fingerprint density at radius 2 is 1.71 bits per heavy atom. The van der Waals surface area contributed by atoms with Crippen molar-refractivity contribution in [2.75, 3.05) is 40.4 Å². The summed E-state index contributed by atoms with van der Waals surface area (Å²) in [6.45, 7) is 1.06. The molecule has 3 aliphatic rings. The Morgan fingerprint density at radius 1 is 1.00 bits per heavy atom. The van der Waals surface area contributed by atoms with E-state index in [9.17, 15) is 22.0 Å². The molecule has 41 heavy (non-hydrogen) atoms. The number of amides is 1. The number of carbonyl (C=O) groups excluding carboxylic acids is 1. The van der Waals surface area contributed by atoms with Gasteiger partial charge in [0, 0.05) is 37.0 Å². The van der Waals surface area contributed by atoms with Gasteiger partial charge in [0.25, 0.3) is 5.91 Å². The SMILES string of the molecule is O=C(Nc1ccc2cnn(C3CCC(F)(F)CC3)c2c1)c1ccc(NS(=O)(=O)CCO)cc1N1CCC2(CC1)CC2. The summed E-state index contributed by atoms with van der Waals surface area (Å²) in [4.78, 5) is 15.8. The van der Waals surface area contributed by atoms with Crippen LogP contribution in [0, 0.1) is 5.41 Å². The second-order valence-corrected chi connectivity index (χ2v) is 13.6. The van der Waals surface area contributed by atoms with E-state index in [0.29, 0.717) is 40.9 Å². The number of hydrogen-bond donors (Lipinski definition) is 3. The molecule has 3 fully saturated rings. The molecule has 0 radical (unpaired) electrons. The van der Waals surface area contributed by atoms with E-state index in [4.69, 9.17) is 5.11 Å². The largest absolute Gasteiger partial charge is 0.395 e. The Kier molecular flexibility index (Phi) is 7.17. The second-order valence-electron chi connectivity index (χ2n) is 11.8. The van der Waals surface area contributed by atoms with Crippen molar-refractivity contribution in [3.8, 4) is 0 Å². The summed E-state index contributed by atoms with van der Waals surface area (Å²) in [6.07, 6.45) is 6.60. The lowest BCUT2D eigenvalue weighted by Gasteiger charge is -2.35. The molecule has 2 aromatic carbocycles. The summed E-state index contributed by atoms with van der Waals surface area (Å²) in [5.41, 5.74) is 3.16. The summed E-state index contributed by atoms with van der Waals surface area (Å²) in [5, 5.41) is 17.4. The van der Waals surface area contributed by atoms with Crippen LogP contribution in [0.25, 0.3) is 10.9 Å². The number of rotatable bonds is 8. The number of hydrogen-bond acceptors (Lipinski definition) is 6. The van der Waals surface area contributed by atoms with E-state index in [1.165, 1.54) is 12.8 Å². The van der Waals surface area contributed by atoms with Crippen molar-refractivity contribution in [2.24, 2.45) is 5.41 Å². The first-order chi connectivity index (χ1) is 19.6. The molecule has 12 heteroatoms. The third kappa shape index (κ3) is 6.04. The van der Waals surface area contributed by atoms with Crippen molar-refractivity contribution in [1.82, 2.24) is 9.78 Å². The quantitative estimate of drug-likeness (QED) is 0.336. The number of fused-ring (bicyclic) bond motifs is 1. The van der Waals surface area contributed by atoms with Crippen LogP contribution in [0.15, 0.2) is 42.6 Å². The molecule has 1 aromatic heterocycles. The fourth-order valence-corrected chi connectivity index (χ4v) is 7.00. The predicted molar refractivity (Wildman–Crippen MR) is 154 cm³/mol. The Morgan fingerprint density at radius 3 is 2.39 bits per heavy atom. The van der Waals surface area contributed by atoms with Gasteiger partial charge in [-0.2, -0.15) is 5.10 Å². The van der Waals surface area contributed by atoms with Crippen LogP contribution in [0.3, 0.4) is 0 Å². The van der Waals surface area contributed by atoms with Gasteiger partial charge in [-0.25, -0.2) is 17.2 Å². The van der Waals surface area contributed by atoms with Gasteiger partial charge in [-0.3, -0.25) is 14.2 Å². The minimum Gasteiger partial charge on any atom is -0.395 e. The van der Waals surface area contributed by atoms with Gasteiger partial charge in [-0.05, 0) is 80.3 Å². The molecule has 2 heterocycles. The fraction of sp³-hybridized carbons (Fsp3) is 0.517. The average molecular weight is 588 g/mol. The van der Waals surface area contributed by atoms with Gasteiger partial charge in [-0.15, -0.1) is 0 Å². The van der Waals surface area contributed by atoms with Gasteiger partial charge < -0.3 is 15.3 Å². The Labute approximate surface area is 238 Å². The van der Waals surface area contributed by atoms with E-state index >= 15 is 0 Å². The van der Waals surface area contributed by atoms with Gasteiger partial charge in [0.2, 0.25) is 15.9 Å². The highest BCUT2D eigenvalue weighted by Crippen LogP contribution is 2.54. The van der Waals surface area contributed by atoms with E-state index in [2.05, 4.69) is 20.0 Å². The lowest BCUT2D eigenvalue weighted by atomic mass is 9.92. The first-order valence-electron chi connectivity index (χ1n) is 14.2. The Hall–Kier alpha value is -3.25.